The molecule has 1 N–H and O–H groups in total. The number of carbonyl (C=O) groups excluding carboxylic acids is 1. The number of rotatable bonds is 4. The molecule has 0 aromatic carbocycles. The summed E-state index contributed by atoms with van der Waals surface area (Å²) < 4.78 is 0. The molecule has 0 aliphatic carbocycles. The van der Waals surface area contributed by atoms with Gasteiger partial charge in [0.25, 0.3) is 5.91 Å². The maximum atomic E-state index is 12.1. The van der Waals surface area contributed by atoms with Crippen LogP contribution in [-0.2, 0) is 0 Å². The van der Waals surface area contributed by atoms with Gasteiger partial charge in [-0.3, -0.25) is 9.78 Å². The van der Waals surface area contributed by atoms with E-state index in [2.05, 4.69) is 40.3 Å². The van der Waals surface area contributed by atoms with Crippen molar-refractivity contribution in [2.24, 2.45) is 0 Å². The van der Waals surface area contributed by atoms with Crippen LogP contribution in [0.25, 0.3) is 0 Å². The molecule has 1 amide bonds. The number of nitrogens with zero attached hydrogens (tertiary/aromatic N) is 7. The van der Waals surface area contributed by atoms with E-state index in [0.29, 0.717) is 11.4 Å². The molecule has 27 heavy (non-hydrogen) atoms. The third-order valence-electron chi connectivity index (χ3n) is 4.25. The first-order valence-corrected chi connectivity index (χ1v) is 8.61. The van der Waals surface area contributed by atoms with Crippen molar-refractivity contribution in [3.63, 3.8) is 0 Å². The van der Waals surface area contributed by atoms with Crippen LogP contribution >= 0.6 is 0 Å². The lowest BCUT2D eigenvalue weighted by atomic mass is 10.2. The Morgan fingerprint density at radius 3 is 2.33 bits per heavy atom. The summed E-state index contributed by atoms with van der Waals surface area (Å²) in [4.78, 5) is 28.9. The fourth-order valence-corrected chi connectivity index (χ4v) is 2.84. The number of carbonyl (C=O) groups is 1. The van der Waals surface area contributed by atoms with Crippen LogP contribution in [0, 0.1) is 0 Å². The number of pyridine rings is 1. The number of anilines is 3. The number of hydrogen-bond donors (Lipinski definition) is 1. The summed E-state index contributed by atoms with van der Waals surface area (Å²) in [6, 6.07) is 8.83. The highest BCUT2D eigenvalue weighted by Crippen LogP contribution is 2.16. The van der Waals surface area contributed by atoms with Gasteiger partial charge < -0.3 is 15.1 Å². The van der Waals surface area contributed by atoms with E-state index in [4.69, 9.17) is 0 Å². The third kappa shape index (κ3) is 3.97. The molecule has 0 saturated carbocycles. The van der Waals surface area contributed by atoms with Crippen molar-refractivity contribution < 1.29 is 4.79 Å². The van der Waals surface area contributed by atoms with E-state index in [0.717, 1.165) is 37.9 Å². The van der Waals surface area contributed by atoms with Crippen molar-refractivity contribution in [1.82, 2.24) is 25.1 Å². The molecular formula is C18H18N8O. The first kappa shape index (κ1) is 16.8. The Morgan fingerprint density at radius 2 is 1.67 bits per heavy atom. The lowest BCUT2D eigenvalue weighted by Crippen LogP contribution is -2.47. The molecule has 1 aliphatic rings. The van der Waals surface area contributed by atoms with Gasteiger partial charge in [-0.05, 0) is 30.3 Å². The molecule has 9 heteroatoms. The van der Waals surface area contributed by atoms with Gasteiger partial charge in [-0.15, -0.1) is 10.2 Å². The average Bonchev–Trinajstić information content (AvgIpc) is 2.76. The highest BCUT2D eigenvalue weighted by atomic mass is 16.1. The van der Waals surface area contributed by atoms with Crippen LogP contribution in [-0.4, -0.2) is 57.2 Å². The smallest absolute Gasteiger partial charge is 0.258 e. The van der Waals surface area contributed by atoms with Crippen molar-refractivity contribution in [3.05, 3.63) is 60.7 Å². The van der Waals surface area contributed by atoms with Gasteiger partial charge in [-0.25, -0.2) is 9.97 Å². The van der Waals surface area contributed by atoms with Gasteiger partial charge >= 0.3 is 0 Å². The monoisotopic (exact) mass is 362 g/mol. The summed E-state index contributed by atoms with van der Waals surface area (Å²) in [5.74, 6) is 1.67. The Hall–Kier alpha value is -3.62. The summed E-state index contributed by atoms with van der Waals surface area (Å²) in [5, 5.41) is 11.1. The molecule has 0 bridgehead atoms. The maximum absolute atomic E-state index is 12.1. The lowest BCUT2D eigenvalue weighted by molar-refractivity contribution is 0.102. The topological polar surface area (TPSA) is 100 Å². The van der Waals surface area contributed by atoms with Gasteiger partial charge in [0.15, 0.2) is 11.6 Å². The second kappa shape index (κ2) is 7.73. The Kier molecular flexibility index (Phi) is 4.82. The maximum Gasteiger partial charge on any atom is 0.258 e. The molecule has 1 saturated heterocycles. The van der Waals surface area contributed by atoms with E-state index >= 15 is 0 Å². The highest BCUT2D eigenvalue weighted by molar-refractivity contribution is 6.03. The molecule has 0 atom stereocenters. The molecule has 136 valence electrons. The predicted octanol–water partition coefficient (Wildman–Crippen LogP) is 1.24. The number of aromatic nitrogens is 5. The Morgan fingerprint density at radius 1 is 0.889 bits per heavy atom. The number of nitrogens with one attached hydrogen (secondary N) is 1. The van der Waals surface area contributed by atoms with Crippen LogP contribution in [0.1, 0.15) is 10.4 Å². The van der Waals surface area contributed by atoms with Crippen molar-refractivity contribution in [2.45, 2.75) is 0 Å². The van der Waals surface area contributed by atoms with Gasteiger partial charge in [-0.1, -0.05) is 0 Å². The van der Waals surface area contributed by atoms with E-state index in [1.807, 2.05) is 12.1 Å². The first-order valence-electron chi connectivity index (χ1n) is 8.61. The first-order chi connectivity index (χ1) is 13.3. The number of piperazine rings is 1. The summed E-state index contributed by atoms with van der Waals surface area (Å²) in [6.45, 7) is 3.22. The van der Waals surface area contributed by atoms with Crippen LogP contribution in [0.3, 0.4) is 0 Å². The van der Waals surface area contributed by atoms with E-state index < -0.39 is 0 Å². The van der Waals surface area contributed by atoms with E-state index in [-0.39, 0.29) is 5.91 Å². The molecular weight excluding hydrogens is 344 g/mol. The SMILES string of the molecule is O=C(Nc1ccc(N2CCN(c3ncccn3)CC2)nn1)c1cccnc1. The van der Waals surface area contributed by atoms with Crippen LogP contribution in [0.15, 0.2) is 55.1 Å². The van der Waals surface area contributed by atoms with Crippen molar-refractivity contribution in [2.75, 3.05) is 41.3 Å². The molecule has 1 aliphatic heterocycles. The normalized spacial score (nSPS) is 14.1. The largest absolute Gasteiger partial charge is 0.352 e. The quantitative estimate of drug-likeness (QED) is 0.740. The molecule has 0 unspecified atom stereocenters. The van der Waals surface area contributed by atoms with E-state index in [1.54, 1.807) is 36.8 Å². The highest BCUT2D eigenvalue weighted by Gasteiger charge is 2.20. The molecule has 1 fully saturated rings. The Bertz CT molecular complexity index is 880. The minimum atomic E-state index is -0.262. The molecule has 4 rings (SSSR count). The summed E-state index contributed by atoms with van der Waals surface area (Å²) >= 11 is 0. The molecule has 9 nitrogen and oxygen atoms in total. The second-order valence-electron chi connectivity index (χ2n) is 6.00. The fourth-order valence-electron chi connectivity index (χ4n) is 2.84. The minimum Gasteiger partial charge on any atom is -0.352 e. The van der Waals surface area contributed by atoms with Gasteiger partial charge in [0.1, 0.15) is 0 Å². The van der Waals surface area contributed by atoms with Gasteiger partial charge in [0.2, 0.25) is 5.95 Å². The molecule has 0 spiro atoms. The predicted molar refractivity (Wildman–Crippen MR) is 101 cm³/mol. The van der Waals surface area contributed by atoms with Crippen molar-refractivity contribution in [3.8, 4) is 0 Å². The van der Waals surface area contributed by atoms with Crippen molar-refractivity contribution >= 4 is 23.5 Å². The zero-order chi connectivity index (χ0) is 18.5. The zero-order valence-electron chi connectivity index (χ0n) is 14.6. The Labute approximate surface area is 156 Å². The molecule has 0 radical (unpaired) electrons. The van der Waals surface area contributed by atoms with Crippen LogP contribution in [0.2, 0.25) is 0 Å². The standard InChI is InChI=1S/C18H18N8O/c27-17(14-3-1-6-19-13-14)22-15-4-5-16(24-23-15)25-9-11-26(12-10-25)18-20-7-2-8-21-18/h1-8,13H,9-12H2,(H,22,23,27). The summed E-state index contributed by atoms with van der Waals surface area (Å²) in [5.41, 5.74) is 0.475. The number of hydrogen-bond acceptors (Lipinski definition) is 8. The second-order valence-corrected chi connectivity index (χ2v) is 6.00. The van der Waals surface area contributed by atoms with E-state index in [1.165, 1.54) is 6.20 Å². The van der Waals surface area contributed by atoms with Gasteiger partial charge in [0.05, 0.1) is 5.56 Å². The molecule has 4 heterocycles. The van der Waals surface area contributed by atoms with Gasteiger partial charge in [-0.2, -0.15) is 0 Å². The van der Waals surface area contributed by atoms with Crippen LogP contribution < -0.4 is 15.1 Å². The number of amides is 1. The van der Waals surface area contributed by atoms with Crippen LogP contribution in [0.4, 0.5) is 17.6 Å². The summed E-state index contributed by atoms with van der Waals surface area (Å²) in [6.07, 6.45) is 6.62. The summed E-state index contributed by atoms with van der Waals surface area (Å²) in [7, 11) is 0. The minimum absolute atomic E-state index is 0.262. The zero-order valence-corrected chi connectivity index (χ0v) is 14.6. The van der Waals surface area contributed by atoms with E-state index in [9.17, 15) is 4.79 Å². The molecule has 3 aromatic heterocycles. The third-order valence-corrected chi connectivity index (χ3v) is 4.25. The van der Waals surface area contributed by atoms with Gasteiger partial charge in [0, 0.05) is 51.0 Å². The average molecular weight is 362 g/mol. The Balaban J connectivity index is 1.35. The van der Waals surface area contributed by atoms with Crippen LogP contribution in [0.5, 0.6) is 0 Å². The molecule has 3 aromatic rings. The van der Waals surface area contributed by atoms with Crippen molar-refractivity contribution in [1.29, 1.82) is 0 Å². The fraction of sp³-hybridized carbons (Fsp3) is 0.222. The lowest BCUT2D eigenvalue weighted by Gasteiger charge is -2.35.